The number of carbonyl (C=O) groups excluding carboxylic acids is 2. The first-order chi connectivity index (χ1) is 8.09. The van der Waals surface area contributed by atoms with Crippen molar-refractivity contribution in [1.82, 2.24) is 10.2 Å². The molecule has 3 unspecified atom stereocenters. The number of carbonyl (C=O) groups is 2. The van der Waals surface area contributed by atoms with Gasteiger partial charge in [-0.3, -0.25) is 9.59 Å². The van der Waals surface area contributed by atoms with Crippen molar-refractivity contribution < 1.29 is 14.7 Å². The third kappa shape index (κ3) is 2.74. The Bertz CT molecular complexity index is 324. The van der Waals surface area contributed by atoms with Gasteiger partial charge < -0.3 is 15.3 Å². The van der Waals surface area contributed by atoms with Gasteiger partial charge in [0.15, 0.2) is 0 Å². The molecule has 0 radical (unpaired) electrons. The SMILES string of the molecule is CN(C(=O)C1CSC(=O)N1)C1CCCCC1O. The van der Waals surface area contributed by atoms with E-state index < -0.39 is 12.1 Å². The lowest BCUT2D eigenvalue weighted by Gasteiger charge is -2.36. The standard InChI is InChI=1S/C11H18N2O3S/c1-13(8-4-2-3-5-9(8)14)10(15)7-6-17-11(16)12-7/h7-9,14H,2-6H2,1H3,(H,12,16). The van der Waals surface area contributed by atoms with Crippen LogP contribution in [0.4, 0.5) is 4.79 Å². The van der Waals surface area contributed by atoms with Crippen molar-refractivity contribution in [3.63, 3.8) is 0 Å². The second-order valence-electron chi connectivity index (χ2n) is 4.66. The molecule has 1 heterocycles. The Morgan fingerprint density at radius 3 is 2.76 bits per heavy atom. The minimum atomic E-state index is -0.428. The molecule has 2 fully saturated rings. The second-order valence-corrected chi connectivity index (χ2v) is 5.66. The van der Waals surface area contributed by atoms with Crippen LogP contribution in [0.3, 0.4) is 0 Å². The maximum Gasteiger partial charge on any atom is 0.279 e. The zero-order valence-corrected chi connectivity index (χ0v) is 10.7. The molecular formula is C11H18N2O3S. The van der Waals surface area contributed by atoms with Crippen molar-refractivity contribution in [3.05, 3.63) is 0 Å². The fourth-order valence-electron chi connectivity index (χ4n) is 2.47. The lowest BCUT2D eigenvalue weighted by Crippen LogP contribution is -2.52. The largest absolute Gasteiger partial charge is 0.391 e. The predicted octanol–water partition coefficient (Wildman–Crippen LogP) is 0.573. The van der Waals surface area contributed by atoms with Crippen molar-refractivity contribution in [2.45, 2.75) is 43.9 Å². The summed E-state index contributed by atoms with van der Waals surface area (Å²) >= 11 is 1.14. The van der Waals surface area contributed by atoms with E-state index >= 15 is 0 Å². The molecule has 2 rings (SSSR count). The van der Waals surface area contributed by atoms with E-state index in [1.807, 2.05) is 0 Å². The molecule has 0 aromatic carbocycles. The number of rotatable bonds is 2. The maximum absolute atomic E-state index is 12.1. The fraction of sp³-hybridized carbons (Fsp3) is 0.818. The third-order valence-corrected chi connectivity index (χ3v) is 4.39. The highest BCUT2D eigenvalue weighted by atomic mass is 32.2. The van der Waals surface area contributed by atoms with Crippen molar-refractivity contribution in [2.75, 3.05) is 12.8 Å². The molecule has 5 nitrogen and oxygen atoms in total. The minimum absolute atomic E-state index is 0.0886. The molecule has 3 atom stereocenters. The summed E-state index contributed by atoms with van der Waals surface area (Å²) in [5.74, 6) is 0.402. The van der Waals surface area contributed by atoms with Gasteiger partial charge >= 0.3 is 0 Å². The fourth-order valence-corrected chi connectivity index (χ4v) is 3.24. The van der Waals surface area contributed by atoms with Crippen molar-refractivity contribution in [3.8, 4) is 0 Å². The predicted molar refractivity (Wildman–Crippen MR) is 65.8 cm³/mol. The summed E-state index contributed by atoms with van der Waals surface area (Å²) in [6.45, 7) is 0. The summed E-state index contributed by atoms with van der Waals surface area (Å²) in [5.41, 5.74) is 0. The van der Waals surface area contributed by atoms with Crippen LogP contribution in [0.5, 0.6) is 0 Å². The number of likely N-dealkylation sites (N-methyl/N-ethyl adjacent to an activating group) is 1. The molecule has 1 aliphatic heterocycles. The average molecular weight is 258 g/mol. The molecule has 2 N–H and O–H groups in total. The van der Waals surface area contributed by atoms with E-state index in [1.165, 1.54) is 0 Å². The van der Waals surface area contributed by atoms with E-state index in [1.54, 1.807) is 11.9 Å². The molecular weight excluding hydrogens is 240 g/mol. The van der Waals surface area contributed by atoms with E-state index in [0.717, 1.165) is 37.4 Å². The lowest BCUT2D eigenvalue weighted by molar-refractivity contribution is -0.136. The van der Waals surface area contributed by atoms with E-state index in [0.29, 0.717) is 5.75 Å². The van der Waals surface area contributed by atoms with Crippen molar-refractivity contribution >= 4 is 22.9 Å². The first-order valence-electron chi connectivity index (χ1n) is 5.97. The number of thioether (sulfide) groups is 1. The van der Waals surface area contributed by atoms with Crippen LogP contribution in [0.1, 0.15) is 25.7 Å². The molecule has 0 spiro atoms. The van der Waals surface area contributed by atoms with Crippen LogP contribution in [-0.2, 0) is 4.79 Å². The van der Waals surface area contributed by atoms with Crippen LogP contribution in [0.2, 0.25) is 0 Å². The second kappa shape index (κ2) is 5.27. The molecule has 2 amide bonds. The van der Waals surface area contributed by atoms with Gasteiger partial charge in [-0.25, -0.2) is 0 Å². The summed E-state index contributed by atoms with van der Waals surface area (Å²) < 4.78 is 0. The Labute approximate surface area is 105 Å². The molecule has 0 aromatic rings. The molecule has 1 aliphatic carbocycles. The van der Waals surface area contributed by atoms with Gasteiger partial charge in [-0.15, -0.1) is 0 Å². The molecule has 6 heteroatoms. The van der Waals surface area contributed by atoms with Gasteiger partial charge in [-0.1, -0.05) is 24.6 Å². The average Bonchev–Trinajstić information content (AvgIpc) is 2.75. The first kappa shape index (κ1) is 12.7. The number of hydrogen-bond acceptors (Lipinski definition) is 4. The summed E-state index contributed by atoms with van der Waals surface area (Å²) in [7, 11) is 1.72. The zero-order chi connectivity index (χ0) is 12.4. The molecule has 1 saturated carbocycles. The number of nitrogens with zero attached hydrogens (tertiary/aromatic N) is 1. The van der Waals surface area contributed by atoms with Crippen LogP contribution in [0.15, 0.2) is 0 Å². The van der Waals surface area contributed by atoms with E-state index in [9.17, 15) is 14.7 Å². The van der Waals surface area contributed by atoms with E-state index in [-0.39, 0.29) is 17.2 Å². The Kier molecular flexibility index (Phi) is 3.93. The number of hydrogen-bond donors (Lipinski definition) is 2. The van der Waals surface area contributed by atoms with Crippen LogP contribution in [0.25, 0.3) is 0 Å². The molecule has 2 aliphatic rings. The minimum Gasteiger partial charge on any atom is -0.391 e. The summed E-state index contributed by atoms with van der Waals surface area (Å²) in [6, 6.07) is -0.523. The Morgan fingerprint density at radius 1 is 1.47 bits per heavy atom. The Hall–Kier alpha value is -0.750. The van der Waals surface area contributed by atoms with Gasteiger partial charge in [-0.2, -0.15) is 0 Å². The highest BCUT2D eigenvalue weighted by Gasteiger charge is 2.35. The molecule has 96 valence electrons. The monoisotopic (exact) mass is 258 g/mol. The number of aliphatic hydroxyl groups excluding tert-OH is 1. The van der Waals surface area contributed by atoms with Crippen LogP contribution < -0.4 is 5.32 Å². The van der Waals surface area contributed by atoms with Gasteiger partial charge in [0.05, 0.1) is 12.1 Å². The van der Waals surface area contributed by atoms with Gasteiger partial charge in [0.25, 0.3) is 5.24 Å². The molecule has 0 bridgehead atoms. The maximum atomic E-state index is 12.1. The number of aliphatic hydroxyl groups is 1. The van der Waals surface area contributed by atoms with Crippen LogP contribution in [0, 0.1) is 0 Å². The van der Waals surface area contributed by atoms with Gasteiger partial charge in [0.2, 0.25) is 5.91 Å². The van der Waals surface area contributed by atoms with Crippen LogP contribution in [-0.4, -0.2) is 52.1 Å². The Morgan fingerprint density at radius 2 is 2.18 bits per heavy atom. The zero-order valence-electron chi connectivity index (χ0n) is 9.89. The third-order valence-electron chi connectivity index (χ3n) is 3.51. The highest BCUT2D eigenvalue weighted by Crippen LogP contribution is 2.24. The summed E-state index contributed by atoms with van der Waals surface area (Å²) in [5, 5.41) is 12.4. The molecule has 1 saturated heterocycles. The van der Waals surface area contributed by atoms with Crippen molar-refractivity contribution in [1.29, 1.82) is 0 Å². The van der Waals surface area contributed by atoms with Crippen LogP contribution >= 0.6 is 11.8 Å². The first-order valence-corrected chi connectivity index (χ1v) is 6.96. The normalized spacial score (nSPS) is 33.3. The van der Waals surface area contributed by atoms with E-state index in [4.69, 9.17) is 0 Å². The van der Waals surface area contributed by atoms with Crippen molar-refractivity contribution in [2.24, 2.45) is 0 Å². The Balaban J connectivity index is 1.96. The highest BCUT2D eigenvalue weighted by molar-refractivity contribution is 8.14. The molecule has 17 heavy (non-hydrogen) atoms. The lowest BCUT2D eigenvalue weighted by atomic mass is 9.91. The summed E-state index contributed by atoms with van der Waals surface area (Å²) in [6.07, 6.45) is 3.24. The number of amides is 2. The molecule has 0 aromatic heterocycles. The smallest absolute Gasteiger partial charge is 0.279 e. The number of nitrogens with one attached hydrogen (secondary N) is 1. The topological polar surface area (TPSA) is 69.6 Å². The van der Waals surface area contributed by atoms with Gasteiger partial charge in [0.1, 0.15) is 6.04 Å². The van der Waals surface area contributed by atoms with Gasteiger partial charge in [0, 0.05) is 12.8 Å². The van der Waals surface area contributed by atoms with Gasteiger partial charge in [-0.05, 0) is 12.8 Å². The summed E-state index contributed by atoms with van der Waals surface area (Å²) in [4.78, 5) is 24.8. The van der Waals surface area contributed by atoms with E-state index in [2.05, 4.69) is 5.32 Å². The quantitative estimate of drug-likeness (QED) is 0.760.